The van der Waals surface area contributed by atoms with Gasteiger partial charge in [-0.3, -0.25) is 0 Å². The van der Waals surface area contributed by atoms with E-state index in [0.717, 1.165) is 15.3 Å². The average molecular weight is 287 g/mol. The molecule has 1 aromatic carbocycles. The molecular formula is C9H7BrN2O2S. The van der Waals surface area contributed by atoms with Crippen LogP contribution in [0.3, 0.4) is 0 Å². The molecular weight excluding hydrogens is 280 g/mol. The molecule has 2 N–H and O–H groups in total. The molecule has 0 aliphatic carbocycles. The van der Waals surface area contributed by atoms with Crippen molar-refractivity contribution in [3.8, 4) is 0 Å². The lowest BCUT2D eigenvalue weighted by molar-refractivity contribution is 0.0697. The minimum Gasteiger partial charge on any atom is -0.478 e. The maximum absolute atomic E-state index is 10.8. The first-order chi connectivity index (χ1) is 7.11. The molecule has 0 fully saturated rings. The van der Waals surface area contributed by atoms with Crippen LogP contribution in [-0.2, 0) is 0 Å². The number of carbonyl (C=O) groups is 1. The van der Waals surface area contributed by atoms with E-state index in [9.17, 15) is 4.79 Å². The molecule has 0 radical (unpaired) electrons. The van der Waals surface area contributed by atoms with Crippen molar-refractivity contribution in [1.82, 2.24) is 4.98 Å². The summed E-state index contributed by atoms with van der Waals surface area (Å²) in [7, 11) is 1.78. The van der Waals surface area contributed by atoms with Gasteiger partial charge in [0, 0.05) is 11.5 Å². The molecule has 78 valence electrons. The van der Waals surface area contributed by atoms with E-state index in [1.54, 1.807) is 19.2 Å². The zero-order valence-electron chi connectivity index (χ0n) is 7.74. The number of nitrogens with one attached hydrogen (secondary N) is 1. The van der Waals surface area contributed by atoms with E-state index in [4.69, 9.17) is 5.11 Å². The van der Waals surface area contributed by atoms with Crippen molar-refractivity contribution in [3.63, 3.8) is 0 Å². The molecule has 1 aromatic heterocycles. The van der Waals surface area contributed by atoms with Gasteiger partial charge in [-0.2, -0.15) is 0 Å². The molecule has 0 unspecified atom stereocenters. The molecule has 0 amide bonds. The third-order valence-electron chi connectivity index (χ3n) is 1.91. The SMILES string of the molecule is CNc1nc2c(Br)cc(C(=O)O)cc2s1. The molecule has 2 rings (SSSR count). The molecule has 1 heterocycles. The third-order valence-corrected chi connectivity index (χ3v) is 3.53. The molecule has 0 saturated carbocycles. The van der Waals surface area contributed by atoms with Crippen molar-refractivity contribution < 1.29 is 9.90 Å². The maximum Gasteiger partial charge on any atom is 0.335 e. The Morgan fingerprint density at radius 3 is 2.93 bits per heavy atom. The van der Waals surface area contributed by atoms with Gasteiger partial charge in [0.2, 0.25) is 0 Å². The number of benzene rings is 1. The van der Waals surface area contributed by atoms with E-state index in [2.05, 4.69) is 26.2 Å². The Hall–Kier alpha value is -1.14. The summed E-state index contributed by atoms with van der Waals surface area (Å²) in [6.07, 6.45) is 0. The van der Waals surface area contributed by atoms with Crippen molar-refractivity contribution in [2.24, 2.45) is 0 Å². The highest BCUT2D eigenvalue weighted by molar-refractivity contribution is 9.10. The summed E-state index contributed by atoms with van der Waals surface area (Å²) in [6.45, 7) is 0. The first-order valence-electron chi connectivity index (χ1n) is 4.13. The summed E-state index contributed by atoms with van der Waals surface area (Å²) in [5.74, 6) is -0.933. The molecule has 0 bridgehead atoms. The molecule has 0 atom stereocenters. The van der Waals surface area contributed by atoms with E-state index >= 15 is 0 Å². The van der Waals surface area contributed by atoms with Gasteiger partial charge in [0.15, 0.2) is 5.13 Å². The van der Waals surface area contributed by atoms with Gasteiger partial charge in [-0.15, -0.1) is 0 Å². The number of thiazole rings is 1. The predicted molar refractivity (Wildman–Crippen MR) is 63.8 cm³/mol. The van der Waals surface area contributed by atoms with E-state index in [1.807, 2.05) is 0 Å². The molecule has 6 heteroatoms. The van der Waals surface area contributed by atoms with Gasteiger partial charge in [-0.25, -0.2) is 9.78 Å². The molecule has 0 aliphatic rings. The van der Waals surface area contributed by atoms with Crippen LogP contribution < -0.4 is 5.32 Å². The minimum atomic E-state index is -0.933. The van der Waals surface area contributed by atoms with Gasteiger partial charge < -0.3 is 10.4 Å². The zero-order valence-corrected chi connectivity index (χ0v) is 10.1. The number of rotatable bonds is 2. The van der Waals surface area contributed by atoms with Crippen molar-refractivity contribution in [1.29, 1.82) is 0 Å². The maximum atomic E-state index is 10.8. The van der Waals surface area contributed by atoms with Crippen LogP contribution in [0, 0.1) is 0 Å². The van der Waals surface area contributed by atoms with Crippen LogP contribution in [0.25, 0.3) is 10.2 Å². The third kappa shape index (κ3) is 1.82. The van der Waals surface area contributed by atoms with Crippen LogP contribution in [0.15, 0.2) is 16.6 Å². The molecule has 0 saturated heterocycles. The van der Waals surface area contributed by atoms with E-state index < -0.39 is 5.97 Å². The van der Waals surface area contributed by atoms with Crippen LogP contribution >= 0.6 is 27.3 Å². The van der Waals surface area contributed by atoms with Gasteiger partial charge in [0.1, 0.15) is 0 Å². The number of halogens is 1. The molecule has 0 spiro atoms. The van der Waals surface area contributed by atoms with E-state index in [0.29, 0.717) is 4.47 Å². The second-order valence-corrected chi connectivity index (χ2v) is 4.76. The fourth-order valence-electron chi connectivity index (χ4n) is 1.22. The lowest BCUT2D eigenvalue weighted by atomic mass is 10.2. The first-order valence-corrected chi connectivity index (χ1v) is 5.74. The number of hydrogen-bond acceptors (Lipinski definition) is 4. The first kappa shape index (κ1) is 10.4. The van der Waals surface area contributed by atoms with Crippen molar-refractivity contribution in [3.05, 3.63) is 22.2 Å². The molecule has 0 aliphatic heterocycles. The smallest absolute Gasteiger partial charge is 0.335 e. The lowest BCUT2D eigenvalue weighted by Crippen LogP contribution is -1.95. The Morgan fingerprint density at radius 1 is 1.60 bits per heavy atom. The summed E-state index contributed by atoms with van der Waals surface area (Å²) < 4.78 is 1.56. The van der Waals surface area contributed by atoms with Gasteiger partial charge in [0.05, 0.1) is 15.8 Å². The Bertz CT molecular complexity index is 538. The van der Waals surface area contributed by atoms with Crippen molar-refractivity contribution in [2.45, 2.75) is 0 Å². The highest BCUT2D eigenvalue weighted by Gasteiger charge is 2.11. The number of aromatic carboxylic acids is 1. The zero-order chi connectivity index (χ0) is 11.0. The summed E-state index contributed by atoms with van der Waals surface area (Å²) in [5.41, 5.74) is 1.05. The molecule has 2 aromatic rings. The number of fused-ring (bicyclic) bond motifs is 1. The highest BCUT2D eigenvalue weighted by Crippen LogP contribution is 2.32. The molecule has 4 nitrogen and oxygen atoms in total. The average Bonchev–Trinajstić information content (AvgIpc) is 2.61. The largest absolute Gasteiger partial charge is 0.478 e. The van der Waals surface area contributed by atoms with Crippen LogP contribution in [0.4, 0.5) is 5.13 Å². The Morgan fingerprint density at radius 2 is 2.33 bits per heavy atom. The number of carboxylic acids is 1. The Labute approximate surface area is 98.1 Å². The highest BCUT2D eigenvalue weighted by atomic mass is 79.9. The number of carboxylic acid groups (broad SMARTS) is 1. The molecule has 15 heavy (non-hydrogen) atoms. The number of aromatic nitrogens is 1. The topological polar surface area (TPSA) is 62.2 Å². The van der Waals surface area contributed by atoms with Gasteiger partial charge in [-0.05, 0) is 28.1 Å². The summed E-state index contributed by atoms with van der Waals surface area (Å²) in [4.78, 5) is 15.1. The van der Waals surface area contributed by atoms with E-state index in [1.165, 1.54) is 11.3 Å². The number of hydrogen-bond donors (Lipinski definition) is 2. The summed E-state index contributed by atoms with van der Waals surface area (Å²) in [5, 5.41) is 12.6. The van der Waals surface area contributed by atoms with Gasteiger partial charge >= 0.3 is 5.97 Å². The quantitative estimate of drug-likeness (QED) is 0.891. The van der Waals surface area contributed by atoms with Gasteiger partial charge in [0.25, 0.3) is 0 Å². The van der Waals surface area contributed by atoms with Crippen LogP contribution in [0.5, 0.6) is 0 Å². The van der Waals surface area contributed by atoms with Gasteiger partial charge in [-0.1, -0.05) is 11.3 Å². The minimum absolute atomic E-state index is 0.265. The van der Waals surface area contributed by atoms with Crippen molar-refractivity contribution in [2.75, 3.05) is 12.4 Å². The Kier molecular flexibility index (Phi) is 2.62. The summed E-state index contributed by atoms with van der Waals surface area (Å²) >= 11 is 4.74. The van der Waals surface area contributed by atoms with E-state index in [-0.39, 0.29) is 5.56 Å². The lowest BCUT2D eigenvalue weighted by Gasteiger charge is -1.96. The van der Waals surface area contributed by atoms with Crippen LogP contribution in [-0.4, -0.2) is 23.1 Å². The fourth-order valence-corrected chi connectivity index (χ4v) is 2.78. The monoisotopic (exact) mass is 286 g/mol. The normalized spacial score (nSPS) is 10.5. The second kappa shape index (κ2) is 3.79. The standard InChI is InChI=1S/C9H7BrN2O2S/c1-11-9-12-7-5(10)2-4(8(13)14)3-6(7)15-9/h2-3H,1H3,(H,11,12)(H,13,14). The van der Waals surface area contributed by atoms with Crippen LogP contribution in [0.2, 0.25) is 0 Å². The second-order valence-electron chi connectivity index (χ2n) is 2.88. The van der Waals surface area contributed by atoms with Crippen molar-refractivity contribution >= 4 is 48.6 Å². The summed E-state index contributed by atoms with van der Waals surface area (Å²) in [6, 6.07) is 3.19. The number of nitrogens with zero attached hydrogens (tertiary/aromatic N) is 1. The number of anilines is 1. The Balaban J connectivity index is 2.70. The fraction of sp³-hybridized carbons (Fsp3) is 0.111. The predicted octanol–water partition coefficient (Wildman–Crippen LogP) is 2.80. The van der Waals surface area contributed by atoms with Crippen LogP contribution in [0.1, 0.15) is 10.4 Å².